The summed E-state index contributed by atoms with van der Waals surface area (Å²) in [6, 6.07) is 12.9. The minimum absolute atomic E-state index is 0. The van der Waals surface area contributed by atoms with Gasteiger partial charge in [-0.3, -0.25) is 14.4 Å². The average Bonchev–Trinajstić information content (AvgIpc) is 1.63. The number of aryl methyl sites for hydroxylation is 2. The molecule has 0 aromatic carbocycles. The summed E-state index contributed by atoms with van der Waals surface area (Å²) in [5.41, 5.74) is 19.9. The van der Waals surface area contributed by atoms with E-state index in [2.05, 4.69) is 88.2 Å². The number of piperidine rings is 4. The lowest BCUT2D eigenvalue weighted by atomic mass is 10.0. The van der Waals surface area contributed by atoms with Crippen LogP contribution in [-0.4, -0.2) is 262 Å². The first-order valence-corrected chi connectivity index (χ1v) is 49.2. The minimum atomic E-state index is -5.90. The van der Waals surface area contributed by atoms with Crippen LogP contribution >= 0.6 is 120 Å². The van der Waals surface area contributed by atoms with Crippen LogP contribution in [0.25, 0.3) is 10.2 Å². The normalized spacial score (nSPS) is 15.3. The molecule has 131 heavy (non-hydrogen) atoms. The number of pyridine rings is 2. The van der Waals surface area contributed by atoms with Gasteiger partial charge in [0.25, 0.3) is 5.91 Å². The van der Waals surface area contributed by atoms with Crippen molar-refractivity contribution in [2.24, 2.45) is 17.2 Å². The molecule has 4 aliphatic heterocycles. The van der Waals surface area contributed by atoms with Crippen LogP contribution in [-0.2, 0) is 42.0 Å². The Morgan fingerprint density at radius 3 is 1.38 bits per heavy atom. The number of carbonyl (C=O) groups is 5. The first-order chi connectivity index (χ1) is 60.1. The first-order valence-electron chi connectivity index (χ1n) is 41.1. The van der Waals surface area contributed by atoms with Gasteiger partial charge in [-0.25, -0.2) is 59.4 Å². The maximum atomic E-state index is 12.4. The highest BCUT2D eigenvalue weighted by molar-refractivity contribution is 8.00. The fraction of sp³-hybridized carbons (Fsp3) is 0.580. The van der Waals surface area contributed by atoms with Crippen molar-refractivity contribution in [3.05, 3.63) is 106 Å². The number of anilines is 2. The molecule has 4 fully saturated rings. The highest BCUT2D eigenvalue weighted by Crippen LogP contribution is 2.39. The van der Waals surface area contributed by atoms with E-state index in [1.807, 2.05) is 72.6 Å². The zero-order valence-electron chi connectivity index (χ0n) is 75.1. The molecule has 7 aromatic heterocycles. The van der Waals surface area contributed by atoms with Crippen LogP contribution in [0.15, 0.2) is 86.8 Å². The van der Waals surface area contributed by atoms with Crippen LogP contribution in [0, 0.1) is 11.3 Å². The number of aliphatic hydroxyl groups excluding tert-OH is 4. The van der Waals surface area contributed by atoms with E-state index in [0.29, 0.717) is 143 Å². The topological polar surface area (TPSA) is 543 Å². The predicted molar refractivity (Wildman–Crippen MR) is 516 cm³/mol. The number of ether oxygens (including phenoxy) is 2. The molecule has 4 amide bonds. The van der Waals surface area contributed by atoms with Crippen molar-refractivity contribution in [1.82, 2.24) is 80.9 Å². The number of hydrogen-bond acceptors (Lipinski definition) is 38. The van der Waals surface area contributed by atoms with Gasteiger partial charge in [-0.2, -0.15) is 26.9 Å². The molecule has 4 atom stereocenters. The number of primary amides is 2. The number of nitrogens with one attached hydrogen (secondary N) is 4. The Labute approximate surface area is 813 Å². The fourth-order valence-electron chi connectivity index (χ4n) is 12.6. The lowest BCUT2D eigenvalue weighted by molar-refractivity contribution is -0.121. The van der Waals surface area contributed by atoms with Crippen LogP contribution in [0.1, 0.15) is 193 Å². The van der Waals surface area contributed by atoms with Gasteiger partial charge in [0.15, 0.2) is 20.6 Å². The Morgan fingerprint density at radius 2 is 1.01 bits per heavy atom. The Morgan fingerprint density at radius 1 is 0.611 bits per heavy atom. The Bertz CT molecular complexity index is 4840. The number of fused-ring (bicyclic) bond motifs is 1. The number of thioether (sulfide) groups is 5. The number of halogens is 7. The van der Waals surface area contributed by atoms with Gasteiger partial charge >= 0.3 is 27.8 Å². The van der Waals surface area contributed by atoms with E-state index >= 15 is 0 Å². The molecule has 0 spiro atoms. The molecule has 36 nitrogen and oxygen atoms in total. The van der Waals surface area contributed by atoms with Crippen molar-refractivity contribution in [1.29, 1.82) is 5.26 Å². The van der Waals surface area contributed by atoms with Gasteiger partial charge in [-0.05, 0) is 172 Å². The molecule has 0 bridgehead atoms. The SMILES string of the molecule is CC(C)(C)OC(=O)N1CCC(=O)CC1.CCCc1cc(N2CCC(NCC(O)c3ccnc(SC)n3)CC2)nc2sc(C(N)=O)c(N)c12.CCCc1cc(OS(=O)(=O)C(F)(F)F)nc(SCC(N)=O)c1C#N.CSc1nccc(C(O)CN)n1.CSc1nccc(C(O)CNC2CCN(C(=O)OC(C)(C)C)CC2)n1.CSc1nccc(C(O)CNC2CCNCC2)n1.Cl.Cl.Cl.Cl. The number of nitriles is 1. The van der Waals surface area contributed by atoms with E-state index in [0.717, 1.165) is 105 Å². The zero-order valence-corrected chi connectivity index (χ0v) is 84.0. The lowest BCUT2D eigenvalue weighted by Crippen LogP contribution is -2.47. The molecule has 0 aliphatic carbocycles. The standard InChI is InChI=1S/C23H31N7O2S2.C17H28N4O3S.C12H12F3N3O4S2.C12H20N4OS.C10H17NO3.C7H11N3OS.4ClH/c1-3-4-13-11-17(29-22-18(13)19(24)20(34-22)21(25)32)30-9-6-14(7-10-30)27-12-16(31)15-5-8-26-23(28-15)33-2;1-17(2,3)24-16(23)21-9-6-12(7-10-21)19-11-14(22)13-5-8-18-15(20-13)25-4;1-2-3-7-4-10(22-24(20,21)12(13,14)15)18-11(8(7)5-16)23-6-9(17)19;1-18-12-14-7-4-10(16-12)11(17)8-15-9-2-5-13-6-3-9;1-10(2,3)14-9(13)11-6-4-8(12)5-7-11;1-12-7-9-3-2-5(10-7)6(11)4-8;;;;/h5,8,11,14,16,27,31H,3-4,6-7,9-10,12,24H2,1-2H3,(H2,25,32);5,8,12,14,19,22H,6-7,9-11H2,1-4H3;4H,2-3,6H2,1H3,(H2,17,19);4,7,9,11,13,15,17H,2-3,5-6,8H2,1H3;4-7H2,1-3H3;2-3,6,11H,4,8H2,1H3;4*1H. The molecule has 4 aliphatic rings. The number of Topliss-reactive ketones (excluding diaryl/α,β-unsaturated/α-hetero) is 1. The van der Waals surface area contributed by atoms with Gasteiger partial charge in [0.05, 0.1) is 39.8 Å². The molecule has 0 radical (unpaired) electrons. The number of nitrogens with zero attached hydrogens (tertiary/aromatic N) is 14. The van der Waals surface area contributed by atoms with Crippen LogP contribution < -0.4 is 53.3 Å². The van der Waals surface area contributed by atoms with Crippen LogP contribution in [0.3, 0.4) is 0 Å². The van der Waals surface area contributed by atoms with Crippen molar-refractivity contribution < 1.29 is 79.6 Å². The summed E-state index contributed by atoms with van der Waals surface area (Å²) in [6.45, 7) is 22.7. The molecule has 11 heterocycles. The largest absolute Gasteiger partial charge is 0.534 e. The van der Waals surface area contributed by atoms with Crippen molar-refractivity contribution in [3.8, 4) is 11.9 Å². The van der Waals surface area contributed by atoms with Gasteiger partial charge in [0, 0.05) is 133 Å². The molecule has 732 valence electrons. The summed E-state index contributed by atoms with van der Waals surface area (Å²) in [5.74, 6) is -1.23. The maximum Gasteiger partial charge on any atom is 0.534 e. The van der Waals surface area contributed by atoms with E-state index in [1.165, 1.54) is 58.4 Å². The second-order valence-electron chi connectivity index (χ2n) is 31.1. The second kappa shape index (κ2) is 59.7. The highest BCUT2D eigenvalue weighted by Gasteiger charge is 2.49. The Hall–Kier alpha value is -7.09. The first kappa shape index (κ1) is 120. The van der Waals surface area contributed by atoms with Gasteiger partial charge in [-0.15, -0.1) is 61.0 Å². The fourth-order valence-corrected chi connectivity index (χ4v) is 16.2. The Balaban J connectivity index is 0.000000545. The molecule has 7 aromatic rings. The highest BCUT2D eigenvalue weighted by atomic mass is 35.5. The molecular weight excluding hydrogens is 1930 g/mol. The van der Waals surface area contributed by atoms with E-state index in [9.17, 15) is 71.2 Å². The van der Waals surface area contributed by atoms with Gasteiger partial charge < -0.3 is 93.0 Å². The maximum absolute atomic E-state index is 12.4. The molecule has 16 N–H and O–H groups in total. The molecule has 0 saturated carbocycles. The summed E-state index contributed by atoms with van der Waals surface area (Å²) in [7, 11) is -5.90. The number of rotatable bonds is 29. The monoisotopic (exact) mass is 2050 g/mol. The third-order valence-electron chi connectivity index (χ3n) is 19.0. The molecule has 4 unspecified atom stereocenters. The lowest BCUT2D eigenvalue weighted by Gasteiger charge is -2.34. The van der Waals surface area contributed by atoms with E-state index in [-0.39, 0.29) is 109 Å². The predicted octanol–water partition coefficient (Wildman–Crippen LogP) is 10.7. The van der Waals surface area contributed by atoms with Gasteiger partial charge in [-0.1, -0.05) is 85.5 Å². The summed E-state index contributed by atoms with van der Waals surface area (Å²) in [5, 5.41) is 66.4. The number of nitrogen functional groups attached to an aromatic ring is 1. The summed E-state index contributed by atoms with van der Waals surface area (Å²) >= 11 is 7.81. The quantitative estimate of drug-likeness (QED) is 0.00897. The number of carbonyl (C=O) groups excluding carboxylic acids is 5. The van der Waals surface area contributed by atoms with Crippen molar-refractivity contribution in [2.45, 2.75) is 217 Å². The van der Waals surface area contributed by atoms with E-state index in [4.69, 9.17) is 37.4 Å². The van der Waals surface area contributed by atoms with Crippen molar-refractivity contribution in [3.63, 3.8) is 0 Å². The number of ketones is 1. The second-order valence-corrected chi connectivity index (χ2v) is 37.7. The number of thiophene rings is 1. The van der Waals surface area contributed by atoms with Crippen LogP contribution in [0.4, 0.5) is 34.3 Å². The van der Waals surface area contributed by atoms with Gasteiger partial charge in [0.1, 0.15) is 68.0 Å². The number of amides is 4. The van der Waals surface area contributed by atoms with Crippen LogP contribution in [0.2, 0.25) is 0 Å². The number of likely N-dealkylation sites (tertiary alicyclic amines) is 2. The summed E-state index contributed by atoms with van der Waals surface area (Å²) in [4.78, 5) is 106. The number of alkyl halides is 3. The smallest absolute Gasteiger partial charge is 0.444 e. The average molecular weight is 2050 g/mol. The zero-order chi connectivity index (χ0) is 93.8. The molecule has 4 saturated heterocycles. The third-order valence-corrected chi connectivity index (χ3v) is 24.3. The number of aromatic nitrogens is 10. The van der Waals surface area contributed by atoms with Crippen molar-refractivity contribution in [2.75, 3.05) is 120 Å². The van der Waals surface area contributed by atoms with E-state index < -0.39 is 68.9 Å². The summed E-state index contributed by atoms with van der Waals surface area (Å²) < 4.78 is 74.0. The molecule has 11 rings (SSSR count). The Kier molecular flexibility index (Phi) is 54.7. The molecular formula is C81H123Cl4F3N22O14S7. The van der Waals surface area contributed by atoms with Gasteiger partial charge in [0.2, 0.25) is 11.8 Å². The summed E-state index contributed by atoms with van der Waals surface area (Å²) in [6.07, 6.45) is 20.5. The number of aliphatic hydroxyl groups is 4. The number of hydrogen-bond donors (Lipinski definition) is 12. The van der Waals surface area contributed by atoms with E-state index in [1.54, 1.807) is 65.8 Å². The molecule has 50 heteroatoms. The van der Waals surface area contributed by atoms with Crippen LogP contribution in [0.5, 0.6) is 5.88 Å². The van der Waals surface area contributed by atoms with Crippen molar-refractivity contribution >= 4 is 181 Å². The third kappa shape index (κ3) is 41.2. The minimum Gasteiger partial charge on any atom is -0.444 e. The number of nitrogens with two attached hydrogens (primary N) is 4.